The van der Waals surface area contributed by atoms with Gasteiger partial charge in [0.05, 0.1) is 0 Å². The summed E-state index contributed by atoms with van der Waals surface area (Å²) in [5.41, 5.74) is 0. The second-order valence-electron chi connectivity index (χ2n) is 0.850. The van der Waals surface area contributed by atoms with Crippen LogP contribution in [0, 0.1) is 10.2 Å². The van der Waals surface area contributed by atoms with E-state index in [2.05, 4.69) is 0 Å². The molecule has 0 unspecified atom stereocenters. The van der Waals surface area contributed by atoms with Gasteiger partial charge in [-0.25, -0.2) is 0 Å². The van der Waals surface area contributed by atoms with Crippen LogP contribution in [0.15, 0.2) is 11.1 Å². The fourth-order valence-electron chi connectivity index (χ4n) is 0.123. The van der Waals surface area contributed by atoms with Crippen molar-refractivity contribution in [1.29, 1.82) is 5.26 Å². The first-order chi connectivity index (χ1) is 3.77. The number of nitrogens with zero attached hydrogens (tertiary/aromatic N) is 1. The Kier molecular flexibility index (Phi) is 3.95. The van der Waals surface area contributed by atoms with Crippen molar-refractivity contribution in [2.75, 3.05) is 0 Å². The second kappa shape index (κ2) is 4.38. The van der Waals surface area contributed by atoms with Gasteiger partial charge in [0.1, 0.15) is 0 Å². The normalized spacial score (nSPS) is 8.88. The van der Waals surface area contributed by atoms with E-state index in [9.17, 15) is 4.79 Å². The molecular weight excluding hydrogens is 173 g/mol. The van der Waals surface area contributed by atoms with E-state index in [1.807, 2.05) is 4.97 Å². The zero-order valence-electron chi connectivity index (χ0n) is 3.87. The zero-order valence-corrected chi connectivity index (χ0v) is 5.58. The minimum atomic E-state index is -0.998. The Morgan fingerprint density at radius 3 is 2.88 bits per heavy atom. The molecule has 1 N–H and O–H groups in total. The monoisotopic (exact) mass is 177 g/mol. The van der Waals surface area contributed by atoms with Gasteiger partial charge < -0.3 is 0 Å². The van der Waals surface area contributed by atoms with Gasteiger partial charge in [-0.2, -0.15) is 0 Å². The van der Waals surface area contributed by atoms with Crippen molar-refractivity contribution in [3.05, 3.63) is 11.1 Å². The SMILES string of the molecule is N#C[Se]/C=C\C(=O)O. The summed E-state index contributed by atoms with van der Waals surface area (Å²) in [6, 6.07) is 0. The number of aliphatic carboxylic acids is 1. The van der Waals surface area contributed by atoms with Crippen LogP contribution in [0.3, 0.4) is 0 Å². The van der Waals surface area contributed by atoms with Crippen molar-refractivity contribution in [1.82, 2.24) is 0 Å². The van der Waals surface area contributed by atoms with Crippen molar-refractivity contribution in [3.8, 4) is 4.97 Å². The van der Waals surface area contributed by atoms with E-state index in [1.54, 1.807) is 0 Å². The number of carboxylic acids is 1. The molecule has 3 nitrogen and oxygen atoms in total. The van der Waals surface area contributed by atoms with Crippen molar-refractivity contribution >= 4 is 20.9 Å². The number of hydrogen-bond donors (Lipinski definition) is 1. The molecule has 0 aromatic heterocycles. The Bertz CT molecular complexity index is 147. The van der Waals surface area contributed by atoms with Crippen molar-refractivity contribution in [2.45, 2.75) is 0 Å². The first kappa shape index (κ1) is 7.22. The first-order valence-corrected chi connectivity index (χ1v) is 3.56. The van der Waals surface area contributed by atoms with Crippen LogP contribution in [0.5, 0.6) is 0 Å². The van der Waals surface area contributed by atoms with Gasteiger partial charge in [-0.15, -0.1) is 0 Å². The fraction of sp³-hybridized carbons (Fsp3) is 0. The molecule has 0 radical (unpaired) electrons. The Balaban J connectivity index is 3.38. The standard InChI is InChI=1S/C4H3NO2Se/c5-3-8-2-1-4(6)7/h1-2H,(H,6,7)/b2-1-. The van der Waals surface area contributed by atoms with Gasteiger partial charge in [-0.3, -0.25) is 0 Å². The zero-order chi connectivity index (χ0) is 6.41. The Morgan fingerprint density at radius 2 is 2.50 bits per heavy atom. The number of carbonyl (C=O) groups is 1. The van der Waals surface area contributed by atoms with Crippen LogP contribution in [-0.2, 0) is 4.79 Å². The predicted molar refractivity (Wildman–Crippen MR) is 28.1 cm³/mol. The van der Waals surface area contributed by atoms with Crippen LogP contribution in [0.1, 0.15) is 0 Å². The summed E-state index contributed by atoms with van der Waals surface area (Å²) in [5, 5.41) is 15.9. The van der Waals surface area contributed by atoms with Crippen LogP contribution in [0.4, 0.5) is 0 Å². The molecular formula is C4H3NO2Se. The second-order valence-corrected chi connectivity index (χ2v) is 2.30. The quantitative estimate of drug-likeness (QED) is 0.467. The summed E-state index contributed by atoms with van der Waals surface area (Å²) in [4.78, 5) is 12.9. The molecule has 0 aliphatic rings. The summed E-state index contributed by atoms with van der Waals surface area (Å²) in [6.07, 6.45) is 0.975. The van der Waals surface area contributed by atoms with Crippen LogP contribution in [0.2, 0.25) is 0 Å². The molecule has 0 aromatic rings. The van der Waals surface area contributed by atoms with Crippen LogP contribution < -0.4 is 0 Å². The van der Waals surface area contributed by atoms with Gasteiger partial charge in [0.2, 0.25) is 0 Å². The molecule has 0 rings (SSSR count). The molecule has 0 saturated heterocycles. The molecule has 4 heteroatoms. The Morgan fingerprint density at radius 1 is 1.88 bits per heavy atom. The van der Waals surface area contributed by atoms with Crippen LogP contribution in [-0.4, -0.2) is 26.0 Å². The number of carboxylic acid groups (broad SMARTS) is 1. The average Bonchev–Trinajstić information content (AvgIpc) is 1.66. The molecule has 0 bridgehead atoms. The molecule has 0 saturated carbocycles. The van der Waals surface area contributed by atoms with E-state index in [4.69, 9.17) is 10.4 Å². The number of rotatable bonds is 2. The summed E-state index contributed by atoms with van der Waals surface area (Å²) in [7, 11) is 0. The molecule has 0 aromatic carbocycles. The van der Waals surface area contributed by atoms with Crippen molar-refractivity contribution < 1.29 is 9.90 Å². The Hall–Kier alpha value is -0.781. The van der Waals surface area contributed by atoms with Crippen molar-refractivity contribution in [2.24, 2.45) is 0 Å². The van der Waals surface area contributed by atoms with Gasteiger partial charge >= 0.3 is 52.1 Å². The van der Waals surface area contributed by atoms with Crippen LogP contribution >= 0.6 is 0 Å². The summed E-state index contributed by atoms with van der Waals surface area (Å²) in [5.74, 6) is -0.998. The van der Waals surface area contributed by atoms with Crippen LogP contribution in [0.25, 0.3) is 0 Å². The molecule has 0 aliphatic carbocycles. The van der Waals surface area contributed by atoms with Gasteiger partial charge in [0.25, 0.3) is 0 Å². The molecule has 42 valence electrons. The molecule has 8 heavy (non-hydrogen) atoms. The fourth-order valence-corrected chi connectivity index (χ4v) is 0.637. The average molecular weight is 176 g/mol. The van der Waals surface area contributed by atoms with E-state index in [-0.39, 0.29) is 15.0 Å². The molecule has 0 atom stereocenters. The maximum atomic E-state index is 9.69. The minimum absolute atomic E-state index is 0.307. The molecule has 0 fully saturated rings. The topological polar surface area (TPSA) is 61.1 Å². The molecule has 0 amide bonds. The molecule has 0 heterocycles. The molecule has 0 aliphatic heterocycles. The van der Waals surface area contributed by atoms with E-state index in [1.165, 1.54) is 4.97 Å². The summed E-state index contributed by atoms with van der Waals surface area (Å²) in [6.45, 7) is 0. The van der Waals surface area contributed by atoms with E-state index in [0.717, 1.165) is 6.08 Å². The van der Waals surface area contributed by atoms with E-state index >= 15 is 0 Å². The van der Waals surface area contributed by atoms with E-state index in [0.29, 0.717) is 0 Å². The van der Waals surface area contributed by atoms with Gasteiger partial charge in [-0.1, -0.05) is 0 Å². The van der Waals surface area contributed by atoms with Gasteiger partial charge in [-0.05, 0) is 0 Å². The third kappa shape index (κ3) is 5.22. The van der Waals surface area contributed by atoms with Gasteiger partial charge in [0.15, 0.2) is 0 Å². The summed E-state index contributed by atoms with van der Waals surface area (Å²) < 4.78 is 0. The summed E-state index contributed by atoms with van der Waals surface area (Å²) >= 11 is -0.307. The van der Waals surface area contributed by atoms with Gasteiger partial charge in [0, 0.05) is 0 Å². The third-order valence-electron chi connectivity index (χ3n) is 0.331. The predicted octanol–water partition coefficient (Wildman–Crippen LogP) is -0.230. The Labute approximate surface area is 52.8 Å². The van der Waals surface area contributed by atoms with Crippen molar-refractivity contribution in [3.63, 3.8) is 0 Å². The van der Waals surface area contributed by atoms with E-state index < -0.39 is 5.97 Å². The third-order valence-corrected chi connectivity index (χ3v) is 1.12. The number of hydrogen-bond acceptors (Lipinski definition) is 2. The first-order valence-electron chi connectivity index (χ1n) is 1.71. The maximum absolute atomic E-state index is 9.69. The molecule has 0 spiro atoms. The number of nitriles is 1.